The van der Waals surface area contributed by atoms with Crippen LogP contribution in [0.15, 0.2) is 23.7 Å². The molecule has 0 aliphatic carbocycles. The summed E-state index contributed by atoms with van der Waals surface area (Å²) in [6.07, 6.45) is 6.73. The van der Waals surface area contributed by atoms with Gasteiger partial charge in [-0.3, -0.25) is 4.99 Å². The normalized spacial score (nSPS) is 19.7. The Bertz CT molecular complexity index is 464. The van der Waals surface area contributed by atoms with Crippen LogP contribution in [-0.4, -0.2) is 46.1 Å². The van der Waals surface area contributed by atoms with E-state index in [-0.39, 0.29) is 29.5 Å². The van der Waals surface area contributed by atoms with Crippen molar-refractivity contribution in [2.75, 3.05) is 20.1 Å². The van der Waals surface area contributed by atoms with Crippen molar-refractivity contribution in [2.45, 2.75) is 46.2 Å². The number of aryl methyl sites for hydroxylation is 1. The first-order valence-corrected chi connectivity index (χ1v) is 7.32. The van der Waals surface area contributed by atoms with Crippen LogP contribution in [0.5, 0.6) is 0 Å². The molecule has 0 atom stereocenters. The van der Waals surface area contributed by atoms with E-state index < -0.39 is 0 Å². The minimum Gasteiger partial charge on any atom is -0.356 e. The number of imidazole rings is 1. The molecule has 1 aromatic rings. The van der Waals surface area contributed by atoms with Crippen molar-refractivity contribution in [2.24, 2.45) is 10.4 Å². The quantitative estimate of drug-likeness (QED) is 0.363. The molecule has 120 valence electrons. The lowest BCUT2D eigenvalue weighted by molar-refractivity contribution is -0.0667. The minimum atomic E-state index is 0. The number of hydrogen-bond acceptors (Lipinski definition) is 2. The maximum absolute atomic E-state index is 4.42. The fraction of sp³-hybridized carbons (Fsp3) is 0.733. The third kappa shape index (κ3) is 3.70. The smallest absolute Gasteiger partial charge is 0.194 e. The van der Waals surface area contributed by atoms with Gasteiger partial charge in [0.1, 0.15) is 0 Å². The topological polar surface area (TPSA) is 45.5 Å². The van der Waals surface area contributed by atoms with Gasteiger partial charge in [-0.15, -0.1) is 24.0 Å². The molecule has 21 heavy (non-hydrogen) atoms. The molecule has 6 heteroatoms. The Morgan fingerprint density at radius 2 is 2.05 bits per heavy atom. The maximum Gasteiger partial charge on any atom is 0.194 e. The highest BCUT2D eigenvalue weighted by Crippen LogP contribution is 2.46. The molecule has 0 saturated carbocycles. The minimum absolute atomic E-state index is 0. The van der Waals surface area contributed by atoms with Crippen LogP contribution in [0, 0.1) is 5.41 Å². The van der Waals surface area contributed by atoms with Crippen LogP contribution in [0.4, 0.5) is 0 Å². The molecule has 0 radical (unpaired) electrons. The number of likely N-dealkylation sites (tertiary alicyclic amines) is 1. The standard InChI is InChI=1S/C15H27N5.HI/c1-14(2)11-20(15(14,3)4)13(16-5)18-7-6-9-19-10-8-17-12-19;/h8,10,12H,6-7,9,11H2,1-5H3,(H,16,18);1H. The van der Waals surface area contributed by atoms with Crippen LogP contribution in [0.3, 0.4) is 0 Å². The number of guanidine groups is 1. The van der Waals surface area contributed by atoms with Crippen LogP contribution >= 0.6 is 24.0 Å². The molecule has 0 bridgehead atoms. The van der Waals surface area contributed by atoms with E-state index in [1.165, 1.54) is 0 Å². The zero-order chi connectivity index (χ0) is 14.8. The Balaban J connectivity index is 0.00000220. The van der Waals surface area contributed by atoms with Crippen molar-refractivity contribution in [3.05, 3.63) is 18.7 Å². The largest absolute Gasteiger partial charge is 0.356 e. The SMILES string of the molecule is CN=C(NCCCn1ccnc1)N1CC(C)(C)C1(C)C.I. The molecular weight excluding hydrogens is 377 g/mol. The van der Waals surface area contributed by atoms with Gasteiger partial charge in [0, 0.05) is 50.0 Å². The zero-order valence-corrected chi connectivity index (χ0v) is 16.1. The summed E-state index contributed by atoms with van der Waals surface area (Å²) in [5, 5.41) is 3.47. The van der Waals surface area contributed by atoms with Gasteiger partial charge >= 0.3 is 0 Å². The van der Waals surface area contributed by atoms with Crippen LogP contribution < -0.4 is 5.32 Å². The van der Waals surface area contributed by atoms with E-state index in [1.54, 1.807) is 0 Å². The molecule has 1 N–H and O–H groups in total. The van der Waals surface area contributed by atoms with E-state index in [2.05, 4.69) is 52.5 Å². The molecule has 5 nitrogen and oxygen atoms in total. The summed E-state index contributed by atoms with van der Waals surface area (Å²) in [7, 11) is 1.86. The second-order valence-electron chi connectivity index (χ2n) is 6.66. The first-order chi connectivity index (χ1) is 9.38. The Morgan fingerprint density at radius 3 is 2.52 bits per heavy atom. The molecule has 1 aromatic heterocycles. The summed E-state index contributed by atoms with van der Waals surface area (Å²) in [5.74, 6) is 1.01. The number of aromatic nitrogens is 2. The first-order valence-electron chi connectivity index (χ1n) is 7.32. The molecule has 1 aliphatic rings. The van der Waals surface area contributed by atoms with Gasteiger partial charge < -0.3 is 14.8 Å². The number of rotatable bonds is 4. The van der Waals surface area contributed by atoms with Gasteiger partial charge in [-0.05, 0) is 20.3 Å². The summed E-state index contributed by atoms with van der Waals surface area (Å²) in [6.45, 7) is 12.2. The molecule has 1 aliphatic heterocycles. The zero-order valence-electron chi connectivity index (χ0n) is 13.8. The van der Waals surface area contributed by atoms with Crippen LogP contribution in [0.1, 0.15) is 34.1 Å². The van der Waals surface area contributed by atoms with Crippen molar-refractivity contribution >= 4 is 29.9 Å². The van der Waals surface area contributed by atoms with Gasteiger partial charge in [-0.25, -0.2) is 4.98 Å². The molecule has 0 spiro atoms. The van der Waals surface area contributed by atoms with Crippen LogP contribution in [-0.2, 0) is 6.54 Å². The van der Waals surface area contributed by atoms with Gasteiger partial charge in [-0.1, -0.05) is 13.8 Å². The molecule has 2 heterocycles. The second kappa shape index (κ2) is 6.98. The van der Waals surface area contributed by atoms with Gasteiger partial charge in [0.05, 0.1) is 6.33 Å². The molecule has 0 aromatic carbocycles. The Kier molecular flexibility index (Phi) is 6.07. The summed E-state index contributed by atoms with van der Waals surface area (Å²) in [5.41, 5.74) is 0.487. The van der Waals surface area contributed by atoms with Gasteiger partial charge in [0.25, 0.3) is 0 Å². The first kappa shape index (κ1) is 18.3. The predicted molar refractivity (Wildman–Crippen MR) is 98.2 cm³/mol. The fourth-order valence-electron chi connectivity index (χ4n) is 2.58. The van der Waals surface area contributed by atoms with Crippen LogP contribution in [0.25, 0.3) is 0 Å². The van der Waals surface area contributed by atoms with E-state index in [9.17, 15) is 0 Å². The predicted octanol–water partition coefficient (Wildman–Crippen LogP) is 2.59. The molecular formula is C15H28IN5. The summed E-state index contributed by atoms with van der Waals surface area (Å²) >= 11 is 0. The highest BCUT2D eigenvalue weighted by Gasteiger charge is 2.53. The van der Waals surface area contributed by atoms with Gasteiger partial charge in [-0.2, -0.15) is 0 Å². The van der Waals surface area contributed by atoms with Crippen molar-refractivity contribution in [3.8, 4) is 0 Å². The van der Waals surface area contributed by atoms with Crippen molar-refractivity contribution < 1.29 is 0 Å². The lowest BCUT2D eigenvalue weighted by Gasteiger charge is -2.62. The number of halogens is 1. The van der Waals surface area contributed by atoms with E-state index in [4.69, 9.17) is 0 Å². The fourth-order valence-corrected chi connectivity index (χ4v) is 2.58. The highest BCUT2D eigenvalue weighted by atomic mass is 127. The van der Waals surface area contributed by atoms with Crippen molar-refractivity contribution in [3.63, 3.8) is 0 Å². The third-order valence-corrected chi connectivity index (χ3v) is 4.79. The van der Waals surface area contributed by atoms with E-state index in [0.29, 0.717) is 5.41 Å². The average Bonchev–Trinajstić information content (AvgIpc) is 2.90. The van der Waals surface area contributed by atoms with Gasteiger partial charge in [0.2, 0.25) is 0 Å². The van der Waals surface area contributed by atoms with E-state index >= 15 is 0 Å². The number of hydrogen-bond donors (Lipinski definition) is 1. The summed E-state index contributed by atoms with van der Waals surface area (Å²) in [6, 6.07) is 0. The van der Waals surface area contributed by atoms with Crippen molar-refractivity contribution in [1.82, 2.24) is 19.8 Å². The molecule has 1 fully saturated rings. The molecule has 1 saturated heterocycles. The van der Waals surface area contributed by atoms with Gasteiger partial charge in [0.15, 0.2) is 5.96 Å². The van der Waals surface area contributed by atoms with E-state index in [0.717, 1.165) is 32.0 Å². The highest BCUT2D eigenvalue weighted by molar-refractivity contribution is 14.0. The average molecular weight is 405 g/mol. The summed E-state index contributed by atoms with van der Waals surface area (Å²) in [4.78, 5) is 10.8. The Labute approximate surface area is 145 Å². The van der Waals surface area contributed by atoms with Crippen LogP contribution in [0.2, 0.25) is 0 Å². The monoisotopic (exact) mass is 405 g/mol. The number of nitrogens with zero attached hydrogens (tertiary/aromatic N) is 4. The lowest BCUT2D eigenvalue weighted by atomic mass is 9.65. The maximum atomic E-state index is 4.42. The van der Waals surface area contributed by atoms with Crippen molar-refractivity contribution in [1.29, 1.82) is 0 Å². The molecule has 0 unspecified atom stereocenters. The molecule has 2 rings (SSSR count). The third-order valence-electron chi connectivity index (χ3n) is 4.79. The molecule has 0 amide bonds. The number of aliphatic imine (C=N–C) groups is 1. The Morgan fingerprint density at radius 1 is 1.33 bits per heavy atom. The van der Waals surface area contributed by atoms with E-state index in [1.807, 2.05) is 25.8 Å². The lowest BCUT2D eigenvalue weighted by Crippen LogP contribution is -2.72. The summed E-state index contributed by atoms with van der Waals surface area (Å²) < 4.78 is 2.10. The Hall–Kier alpha value is -0.790. The second-order valence-corrected chi connectivity index (χ2v) is 6.66. The number of nitrogens with one attached hydrogen (secondary N) is 1.